The average molecular weight is 573 g/mol. The highest BCUT2D eigenvalue weighted by molar-refractivity contribution is 5.84. The smallest absolute Gasteiger partial charge is 0.407 e. The van der Waals surface area contributed by atoms with Crippen LogP contribution in [0.25, 0.3) is 11.1 Å². The molecule has 42 heavy (non-hydrogen) atoms. The Morgan fingerprint density at radius 2 is 1.40 bits per heavy atom. The molecule has 0 heterocycles. The zero-order valence-electron chi connectivity index (χ0n) is 24.1. The molecule has 0 aliphatic heterocycles. The second-order valence-electron chi connectivity index (χ2n) is 10.7. The summed E-state index contributed by atoms with van der Waals surface area (Å²) in [6.07, 6.45) is 3.32. The first kappa shape index (κ1) is 30.8. The van der Waals surface area contributed by atoms with E-state index in [4.69, 9.17) is 9.47 Å². The molecule has 2 amide bonds. The number of amides is 2. The van der Waals surface area contributed by atoms with Crippen LogP contribution in [-0.2, 0) is 25.7 Å². The lowest BCUT2D eigenvalue weighted by Crippen LogP contribution is -2.48. The van der Waals surface area contributed by atoms with E-state index < -0.39 is 24.2 Å². The number of alkyl carbamates (subject to hydrolysis) is 1. The van der Waals surface area contributed by atoms with Gasteiger partial charge in [0.2, 0.25) is 5.91 Å². The molecule has 2 atom stereocenters. The number of rotatable bonds is 16. The highest BCUT2D eigenvalue weighted by Gasteiger charge is 2.29. The SMILES string of the molecule is C[C@H](OCc1ccccc1)[C@@H](NC(=O)CCCCCCCNC(=O)OCC1c2ccccc2-c2ccccc21)C(=O)O. The van der Waals surface area contributed by atoms with Crippen LogP contribution in [0.4, 0.5) is 4.79 Å². The summed E-state index contributed by atoms with van der Waals surface area (Å²) in [5, 5.41) is 15.0. The zero-order valence-corrected chi connectivity index (χ0v) is 24.1. The molecule has 8 heteroatoms. The van der Waals surface area contributed by atoms with Crippen molar-refractivity contribution in [1.29, 1.82) is 0 Å². The van der Waals surface area contributed by atoms with Crippen molar-refractivity contribution in [3.05, 3.63) is 95.6 Å². The summed E-state index contributed by atoms with van der Waals surface area (Å²) in [4.78, 5) is 36.3. The van der Waals surface area contributed by atoms with Crippen LogP contribution in [-0.4, -0.2) is 48.4 Å². The third-order valence-corrected chi connectivity index (χ3v) is 7.60. The average Bonchev–Trinajstić information content (AvgIpc) is 3.32. The topological polar surface area (TPSA) is 114 Å². The number of carboxylic acids is 1. The zero-order chi connectivity index (χ0) is 29.7. The molecule has 222 valence electrons. The monoisotopic (exact) mass is 572 g/mol. The number of ether oxygens (including phenoxy) is 2. The van der Waals surface area contributed by atoms with Crippen LogP contribution in [0.1, 0.15) is 68.1 Å². The molecule has 8 nitrogen and oxygen atoms in total. The van der Waals surface area contributed by atoms with E-state index in [1.807, 2.05) is 54.6 Å². The van der Waals surface area contributed by atoms with Crippen molar-refractivity contribution < 1.29 is 29.0 Å². The second-order valence-corrected chi connectivity index (χ2v) is 10.7. The van der Waals surface area contributed by atoms with Gasteiger partial charge in [0, 0.05) is 18.9 Å². The molecule has 0 aromatic heterocycles. The summed E-state index contributed by atoms with van der Waals surface area (Å²) >= 11 is 0. The lowest BCUT2D eigenvalue weighted by Gasteiger charge is -2.22. The van der Waals surface area contributed by atoms with Crippen molar-refractivity contribution in [3.63, 3.8) is 0 Å². The van der Waals surface area contributed by atoms with Gasteiger partial charge in [-0.1, -0.05) is 98.1 Å². The minimum Gasteiger partial charge on any atom is -0.480 e. The summed E-state index contributed by atoms with van der Waals surface area (Å²) in [6, 6.07) is 24.9. The Kier molecular flexibility index (Phi) is 11.5. The van der Waals surface area contributed by atoms with Gasteiger partial charge in [-0.2, -0.15) is 0 Å². The maximum Gasteiger partial charge on any atom is 0.407 e. The third kappa shape index (κ3) is 8.66. The summed E-state index contributed by atoms with van der Waals surface area (Å²) in [5.74, 6) is -1.38. The number of unbranched alkanes of at least 4 members (excludes halogenated alkanes) is 4. The number of carboxylic acid groups (broad SMARTS) is 1. The number of carbonyl (C=O) groups is 3. The van der Waals surface area contributed by atoms with Crippen LogP contribution in [0.5, 0.6) is 0 Å². The van der Waals surface area contributed by atoms with Crippen molar-refractivity contribution in [2.24, 2.45) is 0 Å². The number of carbonyl (C=O) groups excluding carboxylic acids is 2. The van der Waals surface area contributed by atoms with Crippen molar-refractivity contribution >= 4 is 18.0 Å². The van der Waals surface area contributed by atoms with Gasteiger partial charge in [0.05, 0.1) is 12.7 Å². The first-order chi connectivity index (χ1) is 20.4. The van der Waals surface area contributed by atoms with Crippen LogP contribution in [0, 0.1) is 0 Å². The van der Waals surface area contributed by atoms with Crippen molar-refractivity contribution in [1.82, 2.24) is 10.6 Å². The Morgan fingerprint density at radius 1 is 0.810 bits per heavy atom. The molecule has 0 unspecified atom stereocenters. The summed E-state index contributed by atoms with van der Waals surface area (Å²) in [5.41, 5.74) is 5.70. The molecule has 0 spiro atoms. The molecule has 0 saturated carbocycles. The van der Waals surface area contributed by atoms with Crippen LogP contribution >= 0.6 is 0 Å². The molecule has 4 rings (SSSR count). The first-order valence-electron chi connectivity index (χ1n) is 14.7. The highest BCUT2D eigenvalue weighted by Crippen LogP contribution is 2.44. The number of benzene rings is 3. The van der Waals surface area contributed by atoms with E-state index in [2.05, 4.69) is 34.9 Å². The Bertz CT molecular complexity index is 1280. The normalized spacial score (nSPS) is 13.5. The van der Waals surface area contributed by atoms with E-state index >= 15 is 0 Å². The van der Waals surface area contributed by atoms with E-state index in [-0.39, 0.29) is 24.9 Å². The summed E-state index contributed by atoms with van der Waals surface area (Å²) in [6.45, 7) is 2.75. The maximum absolute atomic E-state index is 12.3. The van der Waals surface area contributed by atoms with E-state index in [9.17, 15) is 19.5 Å². The lowest BCUT2D eigenvalue weighted by atomic mass is 9.98. The van der Waals surface area contributed by atoms with Crippen LogP contribution < -0.4 is 10.6 Å². The minimum atomic E-state index is -1.12. The number of hydrogen-bond donors (Lipinski definition) is 3. The predicted octanol–water partition coefficient (Wildman–Crippen LogP) is 6.04. The number of aliphatic carboxylic acids is 1. The number of nitrogens with one attached hydrogen (secondary N) is 2. The van der Waals surface area contributed by atoms with Crippen LogP contribution in [0.15, 0.2) is 78.9 Å². The second kappa shape index (κ2) is 15.7. The van der Waals surface area contributed by atoms with E-state index in [1.54, 1.807) is 6.92 Å². The van der Waals surface area contributed by atoms with Crippen molar-refractivity contribution in [2.75, 3.05) is 13.2 Å². The molecular formula is C34H40N2O6. The van der Waals surface area contributed by atoms with Gasteiger partial charge in [-0.3, -0.25) is 4.79 Å². The molecule has 0 bridgehead atoms. The van der Waals surface area contributed by atoms with Gasteiger partial charge in [0.25, 0.3) is 0 Å². The van der Waals surface area contributed by atoms with Gasteiger partial charge in [-0.25, -0.2) is 9.59 Å². The van der Waals surface area contributed by atoms with E-state index in [0.717, 1.165) is 31.2 Å². The van der Waals surface area contributed by atoms with Crippen molar-refractivity contribution in [2.45, 2.75) is 70.1 Å². The lowest BCUT2D eigenvalue weighted by molar-refractivity contribution is -0.146. The molecule has 0 fully saturated rings. The maximum atomic E-state index is 12.3. The Balaban J connectivity index is 1.05. The molecule has 3 aromatic carbocycles. The molecule has 0 radical (unpaired) electrons. The molecular weight excluding hydrogens is 532 g/mol. The molecule has 3 aromatic rings. The van der Waals surface area contributed by atoms with Crippen LogP contribution in [0.2, 0.25) is 0 Å². The fourth-order valence-corrected chi connectivity index (χ4v) is 5.30. The summed E-state index contributed by atoms with van der Waals surface area (Å²) < 4.78 is 11.3. The third-order valence-electron chi connectivity index (χ3n) is 7.60. The van der Waals surface area contributed by atoms with Crippen molar-refractivity contribution in [3.8, 4) is 11.1 Å². The molecule has 3 N–H and O–H groups in total. The Labute approximate surface area is 247 Å². The quantitative estimate of drug-likeness (QED) is 0.180. The van der Waals surface area contributed by atoms with Crippen LogP contribution in [0.3, 0.4) is 0 Å². The fraction of sp³-hybridized carbons (Fsp3) is 0.382. The van der Waals surface area contributed by atoms with E-state index in [0.29, 0.717) is 19.6 Å². The van der Waals surface area contributed by atoms with Gasteiger partial charge < -0.3 is 25.2 Å². The predicted molar refractivity (Wildman–Crippen MR) is 161 cm³/mol. The first-order valence-corrected chi connectivity index (χ1v) is 14.7. The van der Waals surface area contributed by atoms with Gasteiger partial charge >= 0.3 is 12.1 Å². The standard InChI is InChI=1S/C34H40N2O6/c1-24(41-22-25-14-6-5-7-15-25)32(33(38)39)36-31(37)20-8-3-2-4-13-21-35-34(40)42-23-30-28-18-11-9-16-26(28)27-17-10-12-19-29(27)30/h5-7,9-12,14-19,24,30,32H,2-4,8,13,20-23H2,1H3,(H,35,40)(H,36,37)(H,38,39)/t24-,32+/m0/s1. The molecule has 1 aliphatic carbocycles. The molecule has 1 aliphatic rings. The fourth-order valence-electron chi connectivity index (χ4n) is 5.30. The minimum absolute atomic E-state index is 0.0381. The number of fused-ring (bicyclic) bond motifs is 3. The largest absolute Gasteiger partial charge is 0.480 e. The number of hydrogen-bond acceptors (Lipinski definition) is 5. The molecule has 0 saturated heterocycles. The van der Waals surface area contributed by atoms with Gasteiger partial charge in [-0.05, 0) is 47.6 Å². The van der Waals surface area contributed by atoms with Gasteiger partial charge in [-0.15, -0.1) is 0 Å². The summed E-state index contributed by atoms with van der Waals surface area (Å²) in [7, 11) is 0. The van der Waals surface area contributed by atoms with E-state index in [1.165, 1.54) is 22.3 Å². The highest BCUT2D eigenvalue weighted by atomic mass is 16.5. The van der Waals surface area contributed by atoms with Gasteiger partial charge in [0.1, 0.15) is 6.61 Å². The Hall–Kier alpha value is -4.17. The Morgan fingerprint density at radius 3 is 2.07 bits per heavy atom. The van der Waals surface area contributed by atoms with Gasteiger partial charge in [0.15, 0.2) is 6.04 Å².